The zero-order valence-corrected chi connectivity index (χ0v) is 14.3. The Bertz CT molecular complexity index is 1010. The van der Waals surface area contributed by atoms with Crippen molar-refractivity contribution in [1.82, 2.24) is 9.55 Å². The van der Waals surface area contributed by atoms with Gasteiger partial charge in [-0.1, -0.05) is 66.2 Å². The molecule has 0 bridgehead atoms. The second-order valence-electron chi connectivity index (χ2n) is 5.94. The second kappa shape index (κ2) is 6.71. The maximum atomic E-state index is 10.7. The summed E-state index contributed by atoms with van der Waals surface area (Å²) in [5.74, 6) is 0.766. The normalized spacial score (nSPS) is 12.4. The van der Waals surface area contributed by atoms with Crippen LogP contribution in [0.2, 0.25) is 5.02 Å². The van der Waals surface area contributed by atoms with Crippen LogP contribution >= 0.6 is 11.6 Å². The van der Waals surface area contributed by atoms with Crippen LogP contribution in [0, 0.1) is 0 Å². The van der Waals surface area contributed by atoms with Crippen molar-refractivity contribution in [2.45, 2.75) is 12.6 Å². The van der Waals surface area contributed by atoms with Gasteiger partial charge in [0.25, 0.3) is 0 Å². The number of fused-ring (bicyclic) bond motifs is 1. The topological polar surface area (TPSA) is 38.0 Å². The number of imidazole rings is 1. The average Bonchev–Trinajstić information content (AvgIpc) is 3.01. The fourth-order valence-corrected chi connectivity index (χ4v) is 3.28. The molecule has 0 aliphatic heterocycles. The number of hydrogen-bond acceptors (Lipinski definition) is 2. The fraction of sp³-hybridized carbons (Fsp3) is 0.0952. The first-order chi connectivity index (χ1) is 12.2. The van der Waals surface area contributed by atoms with Crippen molar-refractivity contribution in [2.24, 2.45) is 0 Å². The molecule has 124 valence electrons. The molecule has 0 aliphatic carbocycles. The van der Waals surface area contributed by atoms with Crippen LogP contribution in [0.1, 0.15) is 11.7 Å². The summed E-state index contributed by atoms with van der Waals surface area (Å²) in [6.07, 6.45) is -0.625. The predicted molar refractivity (Wildman–Crippen MR) is 102 cm³/mol. The van der Waals surface area contributed by atoms with Crippen molar-refractivity contribution in [3.8, 4) is 11.4 Å². The molecule has 0 saturated heterocycles. The smallest absolute Gasteiger partial charge is 0.142 e. The SMILES string of the molecule is OC(Cn1c(-c2ccccc2Cl)nc2ccccc21)c1ccccc1. The lowest BCUT2D eigenvalue weighted by Crippen LogP contribution is -2.10. The molecular weight excluding hydrogens is 332 g/mol. The molecule has 3 aromatic carbocycles. The standard InChI is InChI=1S/C21H17ClN2O/c22-17-11-5-4-10-16(17)21-23-18-12-6-7-13-19(18)24(21)14-20(25)15-8-2-1-3-9-15/h1-13,20,25H,14H2. The largest absolute Gasteiger partial charge is 0.387 e. The summed E-state index contributed by atoms with van der Waals surface area (Å²) in [5, 5.41) is 11.4. The van der Waals surface area contributed by atoms with Crippen LogP contribution < -0.4 is 0 Å². The van der Waals surface area contributed by atoms with Gasteiger partial charge in [-0.25, -0.2) is 4.98 Å². The van der Waals surface area contributed by atoms with Crippen molar-refractivity contribution in [1.29, 1.82) is 0 Å². The highest BCUT2D eigenvalue weighted by molar-refractivity contribution is 6.33. The molecule has 1 unspecified atom stereocenters. The van der Waals surface area contributed by atoms with E-state index in [1.54, 1.807) is 0 Å². The molecule has 4 rings (SSSR count). The first kappa shape index (κ1) is 15.9. The molecule has 0 amide bonds. The van der Waals surface area contributed by atoms with Gasteiger partial charge in [0, 0.05) is 5.56 Å². The number of aliphatic hydroxyl groups excluding tert-OH is 1. The molecule has 1 atom stereocenters. The van der Waals surface area contributed by atoms with Gasteiger partial charge in [0.05, 0.1) is 28.7 Å². The third kappa shape index (κ3) is 3.04. The zero-order valence-electron chi connectivity index (χ0n) is 13.5. The van der Waals surface area contributed by atoms with Crippen LogP contribution in [0.5, 0.6) is 0 Å². The van der Waals surface area contributed by atoms with E-state index in [1.165, 1.54) is 0 Å². The summed E-state index contributed by atoms with van der Waals surface area (Å²) < 4.78 is 2.04. The quantitative estimate of drug-likeness (QED) is 0.557. The van der Waals surface area contributed by atoms with Crippen molar-refractivity contribution in [3.63, 3.8) is 0 Å². The molecule has 3 nitrogen and oxygen atoms in total. The molecule has 4 heteroatoms. The number of hydrogen-bond donors (Lipinski definition) is 1. The number of rotatable bonds is 4. The Labute approximate surface area is 151 Å². The Morgan fingerprint density at radius 3 is 2.36 bits per heavy atom. The maximum Gasteiger partial charge on any atom is 0.142 e. The maximum absolute atomic E-state index is 10.7. The molecule has 4 aromatic rings. The molecule has 25 heavy (non-hydrogen) atoms. The minimum Gasteiger partial charge on any atom is -0.387 e. The lowest BCUT2D eigenvalue weighted by Gasteiger charge is -2.15. The number of halogens is 1. The first-order valence-electron chi connectivity index (χ1n) is 8.17. The van der Waals surface area contributed by atoms with E-state index in [-0.39, 0.29) is 0 Å². The summed E-state index contributed by atoms with van der Waals surface area (Å²) in [6, 6.07) is 25.2. The Morgan fingerprint density at radius 2 is 1.56 bits per heavy atom. The Balaban J connectivity index is 1.84. The Kier molecular flexibility index (Phi) is 4.26. The highest BCUT2D eigenvalue weighted by Crippen LogP contribution is 2.31. The molecule has 0 saturated carbocycles. The highest BCUT2D eigenvalue weighted by Gasteiger charge is 2.17. The number of aliphatic hydroxyl groups is 1. The fourth-order valence-electron chi connectivity index (χ4n) is 3.06. The van der Waals surface area contributed by atoms with Crippen LogP contribution in [0.4, 0.5) is 0 Å². The van der Waals surface area contributed by atoms with Gasteiger partial charge in [0.2, 0.25) is 0 Å². The van der Waals surface area contributed by atoms with Crippen LogP contribution in [-0.4, -0.2) is 14.7 Å². The lowest BCUT2D eigenvalue weighted by molar-refractivity contribution is 0.158. The number of para-hydroxylation sites is 2. The summed E-state index contributed by atoms with van der Waals surface area (Å²) >= 11 is 6.40. The third-order valence-electron chi connectivity index (χ3n) is 4.31. The van der Waals surface area contributed by atoms with E-state index in [9.17, 15) is 5.11 Å². The van der Waals surface area contributed by atoms with Crippen molar-refractivity contribution in [3.05, 3.63) is 89.4 Å². The van der Waals surface area contributed by atoms with E-state index in [1.807, 2.05) is 83.4 Å². The average molecular weight is 349 g/mol. The highest BCUT2D eigenvalue weighted by atomic mass is 35.5. The van der Waals surface area contributed by atoms with Gasteiger partial charge in [0.1, 0.15) is 5.82 Å². The van der Waals surface area contributed by atoms with Crippen molar-refractivity contribution < 1.29 is 5.11 Å². The van der Waals surface area contributed by atoms with E-state index in [0.29, 0.717) is 11.6 Å². The molecule has 0 aliphatic rings. The summed E-state index contributed by atoms with van der Waals surface area (Å²) in [4.78, 5) is 4.76. The number of aromatic nitrogens is 2. The second-order valence-corrected chi connectivity index (χ2v) is 6.35. The summed E-state index contributed by atoms with van der Waals surface area (Å²) in [5.41, 5.74) is 3.61. The van der Waals surface area contributed by atoms with Gasteiger partial charge in [-0.05, 0) is 29.8 Å². The lowest BCUT2D eigenvalue weighted by atomic mass is 10.1. The molecule has 0 spiro atoms. The third-order valence-corrected chi connectivity index (χ3v) is 4.64. The van der Waals surface area contributed by atoms with Gasteiger partial charge in [-0.3, -0.25) is 0 Å². The molecule has 0 radical (unpaired) electrons. The minimum atomic E-state index is -0.625. The molecular formula is C21H17ClN2O. The van der Waals surface area contributed by atoms with Crippen LogP contribution in [0.15, 0.2) is 78.9 Å². The van der Waals surface area contributed by atoms with Crippen LogP contribution in [0.3, 0.4) is 0 Å². The molecule has 1 N–H and O–H groups in total. The number of benzene rings is 3. The predicted octanol–water partition coefficient (Wildman–Crippen LogP) is 5.09. The zero-order chi connectivity index (χ0) is 17.2. The molecule has 0 fully saturated rings. The summed E-state index contributed by atoms with van der Waals surface area (Å²) in [6.45, 7) is 0.408. The van der Waals surface area contributed by atoms with Gasteiger partial charge >= 0.3 is 0 Å². The van der Waals surface area contributed by atoms with Crippen molar-refractivity contribution in [2.75, 3.05) is 0 Å². The summed E-state index contributed by atoms with van der Waals surface area (Å²) in [7, 11) is 0. The van der Waals surface area contributed by atoms with Crippen LogP contribution in [-0.2, 0) is 6.54 Å². The first-order valence-corrected chi connectivity index (χ1v) is 8.55. The van der Waals surface area contributed by atoms with E-state index < -0.39 is 6.10 Å². The Morgan fingerprint density at radius 1 is 0.880 bits per heavy atom. The molecule has 1 heterocycles. The van der Waals surface area contributed by atoms with Gasteiger partial charge in [-0.15, -0.1) is 0 Å². The van der Waals surface area contributed by atoms with Crippen molar-refractivity contribution >= 4 is 22.6 Å². The van der Waals surface area contributed by atoms with E-state index in [4.69, 9.17) is 16.6 Å². The number of nitrogens with zero attached hydrogens (tertiary/aromatic N) is 2. The Hall–Kier alpha value is -2.62. The minimum absolute atomic E-state index is 0.408. The van der Waals surface area contributed by atoms with E-state index in [2.05, 4.69) is 0 Å². The van der Waals surface area contributed by atoms with E-state index in [0.717, 1.165) is 28.0 Å². The monoisotopic (exact) mass is 348 g/mol. The van der Waals surface area contributed by atoms with Gasteiger partial charge in [0.15, 0.2) is 0 Å². The molecule has 1 aromatic heterocycles. The van der Waals surface area contributed by atoms with Crippen LogP contribution in [0.25, 0.3) is 22.4 Å². The van der Waals surface area contributed by atoms with Gasteiger partial charge in [-0.2, -0.15) is 0 Å². The van der Waals surface area contributed by atoms with Gasteiger partial charge < -0.3 is 9.67 Å². The van der Waals surface area contributed by atoms with E-state index >= 15 is 0 Å².